The van der Waals surface area contributed by atoms with Crippen molar-refractivity contribution in [3.63, 3.8) is 0 Å². The fourth-order valence-corrected chi connectivity index (χ4v) is 2.14. The van der Waals surface area contributed by atoms with Gasteiger partial charge in [-0.2, -0.15) is 0 Å². The molecule has 1 unspecified atom stereocenters. The average Bonchev–Trinajstić information content (AvgIpc) is 2.47. The summed E-state index contributed by atoms with van der Waals surface area (Å²) in [4.78, 5) is 0. The fraction of sp³-hybridized carbons (Fsp3) is 0.600. The molecule has 2 N–H and O–H groups in total. The van der Waals surface area contributed by atoms with E-state index < -0.39 is 6.10 Å². The molecular formula is C15H23NO3. The molecule has 4 heteroatoms. The van der Waals surface area contributed by atoms with Crippen molar-refractivity contribution >= 4 is 0 Å². The molecule has 2 rings (SSSR count). The van der Waals surface area contributed by atoms with Crippen LogP contribution < -0.4 is 5.32 Å². The first-order chi connectivity index (χ1) is 9.34. The summed E-state index contributed by atoms with van der Waals surface area (Å²) in [5.41, 5.74) is 1.12. The molecule has 19 heavy (non-hydrogen) atoms. The molecule has 1 saturated heterocycles. The molecule has 0 aliphatic carbocycles. The van der Waals surface area contributed by atoms with Crippen molar-refractivity contribution in [1.82, 2.24) is 5.32 Å². The van der Waals surface area contributed by atoms with Crippen molar-refractivity contribution in [2.45, 2.75) is 31.7 Å². The zero-order chi connectivity index (χ0) is 13.3. The van der Waals surface area contributed by atoms with E-state index in [-0.39, 0.29) is 6.10 Å². The number of aliphatic hydroxyl groups excluding tert-OH is 1. The SMILES string of the molecule is OC(COCc1ccccc1)COC1CCNCC1. The lowest BCUT2D eigenvalue weighted by Gasteiger charge is -2.24. The smallest absolute Gasteiger partial charge is 0.101 e. The second-order valence-electron chi connectivity index (χ2n) is 4.94. The molecule has 1 heterocycles. The van der Waals surface area contributed by atoms with E-state index in [0.717, 1.165) is 31.5 Å². The number of hydrogen-bond donors (Lipinski definition) is 2. The van der Waals surface area contributed by atoms with Gasteiger partial charge in [0.25, 0.3) is 0 Å². The number of ether oxygens (including phenoxy) is 2. The van der Waals surface area contributed by atoms with E-state index >= 15 is 0 Å². The molecule has 1 aliphatic heterocycles. The van der Waals surface area contributed by atoms with Crippen LogP contribution in [0.3, 0.4) is 0 Å². The normalized spacial score (nSPS) is 18.4. The van der Waals surface area contributed by atoms with Gasteiger partial charge in [-0.25, -0.2) is 0 Å². The summed E-state index contributed by atoms with van der Waals surface area (Å²) in [6.07, 6.45) is 1.79. The van der Waals surface area contributed by atoms with Crippen LogP contribution in [0.2, 0.25) is 0 Å². The highest BCUT2D eigenvalue weighted by Gasteiger charge is 2.15. The Kier molecular flexibility index (Phi) is 6.30. The highest BCUT2D eigenvalue weighted by atomic mass is 16.5. The van der Waals surface area contributed by atoms with Crippen molar-refractivity contribution in [2.24, 2.45) is 0 Å². The summed E-state index contributed by atoms with van der Waals surface area (Å²) >= 11 is 0. The van der Waals surface area contributed by atoms with E-state index in [2.05, 4.69) is 5.32 Å². The number of nitrogens with one attached hydrogen (secondary N) is 1. The van der Waals surface area contributed by atoms with Crippen molar-refractivity contribution in [3.8, 4) is 0 Å². The van der Waals surface area contributed by atoms with Gasteiger partial charge in [0, 0.05) is 0 Å². The molecule has 1 fully saturated rings. The van der Waals surface area contributed by atoms with Gasteiger partial charge >= 0.3 is 0 Å². The Morgan fingerprint density at radius 1 is 1.16 bits per heavy atom. The predicted octanol–water partition coefficient (Wildman–Crippen LogP) is 1.33. The Hall–Kier alpha value is -0.940. The van der Waals surface area contributed by atoms with Gasteiger partial charge in [0.05, 0.1) is 25.9 Å². The van der Waals surface area contributed by atoms with E-state index in [1.54, 1.807) is 0 Å². The number of rotatable bonds is 7. The quantitative estimate of drug-likeness (QED) is 0.781. The second kappa shape index (κ2) is 8.27. The third-order valence-corrected chi connectivity index (χ3v) is 3.23. The molecule has 1 aromatic rings. The molecule has 0 saturated carbocycles. The Morgan fingerprint density at radius 2 is 1.89 bits per heavy atom. The van der Waals surface area contributed by atoms with E-state index in [0.29, 0.717) is 19.8 Å². The maximum atomic E-state index is 9.79. The van der Waals surface area contributed by atoms with Crippen molar-refractivity contribution in [2.75, 3.05) is 26.3 Å². The Balaban J connectivity index is 1.55. The summed E-state index contributed by atoms with van der Waals surface area (Å²) in [5, 5.41) is 13.1. The van der Waals surface area contributed by atoms with Crippen LogP contribution in [0, 0.1) is 0 Å². The zero-order valence-electron chi connectivity index (χ0n) is 11.3. The lowest BCUT2D eigenvalue weighted by Crippen LogP contribution is -2.34. The van der Waals surface area contributed by atoms with Crippen LogP contribution in [-0.2, 0) is 16.1 Å². The number of hydrogen-bond acceptors (Lipinski definition) is 4. The minimum Gasteiger partial charge on any atom is -0.388 e. The molecule has 0 aromatic heterocycles. The maximum Gasteiger partial charge on any atom is 0.101 e. The minimum absolute atomic E-state index is 0.282. The third kappa shape index (κ3) is 5.70. The molecule has 106 valence electrons. The monoisotopic (exact) mass is 265 g/mol. The molecule has 0 radical (unpaired) electrons. The number of benzene rings is 1. The largest absolute Gasteiger partial charge is 0.388 e. The topological polar surface area (TPSA) is 50.7 Å². The summed E-state index contributed by atoms with van der Waals surface area (Å²) in [7, 11) is 0. The van der Waals surface area contributed by atoms with E-state index in [9.17, 15) is 5.11 Å². The zero-order valence-corrected chi connectivity index (χ0v) is 11.3. The summed E-state index contributed by atoms with van der Waals surface area (Å²) in [5.74, 6) is 0. The first kappa shape index (κ1) is 14.5. The van der Waals surface area contributed by atoms with Crippen molar-refractivity contribution in [1.29, 1.82) is 0 Å². The van der Waals surface area contributed by atoms with Crippen molar-refractivity contribution in [3.05, 3.63) is 35.9 Å². The van der Waals surface area contributed by atoms with Crippen LogP contribution in [0.15, 0.2) is 30.3 Å². The van der Waals surface area contributed by atoms with E-state index in [1.165, 1.54) is 0 Å². The first-order valence-electron chi connectivity index (χ1n) is 6.96. The molecule has 0 spiro atoms. The van der Waals surface area contributed by atoms with Crippen LogP contribution in [0.5, 0.6) is 0 Å². The summed E-state index contributed by atoms with van der Waals surface area (Å²) in [6.45, 7) is 3.22. The third-order valence-electron chi connectivity index (χ3n) is 3.23. The number of aliphatic hydroxyl groups is 1. The van der Waals surface area contributed by atoms with Crippen LogP contribution in [0.4, 0.5) is 0 Å². The van der Waals surface area contributed by atoms with Gasteiger partial charge in [-0.3, -0.25) is 0 Å². The Bertz CT molecular complexity index is 339. The molecular weight excluding hydrogens is 242 g/mol. The van der Waals surface area contributed by atoms with Gasteiger partial charge in [-0.15, -0.1) is 0 Å². The van der Waals surface area contributed by atoms with Crippen molar-refractivity contribution < 1.29 is 14.6 Å². The Morgan fingerprint density at radius 3 is 2.63 bits per heavy atom. The number of piperidine rings is 1. The lowest BCUT2D eigenvalue weighted by atomic mass is 10.1. The summed E-state index contributed by atoms with van der Waals surface area (Å²) in [6, 6.07) is 9.96. The maximum absolute atomic E-state index is 9.79. The minimum atomic E-state index is -0.543. The van der Waals surface area contributed by atoms with Gasteiger partial charge < -0.3 is 19.9 Å². The average molecular weight is 265 g/mol. The predicted molar refractivity (Wildman–Crippen MR) is 73.9 cm³/mol. The molecule has 0 bridgehead atoms. The standard InChI is InChI=1S/C15H23NO3/c17-14(12-19-15-6-8-16-9-7-15)11-18-10-13-4-2-1-3-5-13/h1-5,14-17H,6-12H2. The van der Waals surface area contributed by atoms with Crippen LogP contribution >= 0.6 is 0 Å². The highest BCUT2D eigenvalue weighted by Crippen LogP contribution is 2.08. The molecule has 1 atom stereocenters. The first-order valence-corrected chi connectivity index (χ1v) is 6.96. The van der Waals surface area contributed by atoms with Gasteiger partial charge in [0.1, 0.15) is 6.10 Å². The fourth-order valence-electron chi connectivity index (χ4n) is 2.14. The van der Waals surface area contributed by atoms with Gasteiger partial charge in [0.2, 0.25) is 0 Å². The highest BCUT2D eigenvalue weighted by molar-refractivity contribution is 5.13. The van der Waals surface area contributed by atoms with Crippen LogP contribution in [-0.4, -0.2) is 43.6 Å². The van der Waals surface area contributed by atoms with Gasteiger partial charge in [0.15, 0.2) is 0 Å². The van der Waals surface area contributed by atoms with Crippen LogP contribution in [0.25, 0.3) is 0 Å². The Labute approximate surface area is 114 Å². The van der Waals surface area contributed by atoms with Gasteiger partial charge in [-0.1, -0.05) is 30.3 Å². The molecule has 0 amide bonds. The van der Waals surface area contributed by atoms with Crippen LogP contribution in [0.1, 0.15) is 18.4 Å². The molecule has 1 aromatic carbocycles. The van der Waals surface area contributed by atoms with Gasteiger partial charge in [-0.05, 0) is 31.5 Å². The van der Waals surface area contributed by atoms with E-state index in [4.69, 9.17) is 9.47 Å². The second-order valence-corrected chi connectivity index (χ2v) is 4.94. The molecule has 4 nitrogen and oxygen atoms in total. The van der Waals surface area contributed by atoms with E-state index in [1.807, 2.05) is 30.3 Å². The summed E-state index contributed by atoms with van der Waals surface area (Å²) < 4.78 is 11.2. The molecule has 1 aliphatic rings. The lowest BCUT2D eigenvalue weighted by molar-refractivity contribution is -0.0538.